The normalized spacial score (nSPS) is 13.2. The number of ether oxygens (including phenoxy) is 2. The zero-order valence-electron chi connectivity index (χ0n) is 33.8. The number of halogens is 6. The molecule has 1 aliphatic carbocycles. The molecule has 0 radical (unpaired) electrons. The second-order valence-corrected chi connectivity index (χ2v) is 16.0. The Morgan fingerprint density at radius 2 is 0.841 bits per heavy atom. The van der Waals surface area contributed by atoms with E-state index in [1.807, 2.05) is 103 Å². The Morgan fingerprint density at radius 1 is 0.397 bits per heavy atom. The van der Waals surface area contributed by atoms with E-state index < -0.39 is 18.1 Å². The molecular weight excluding hydrogens is 811 g/mol. The summed E-state index contributed by atoms with van der Waals surface area (Å²) in [6, 6.07) is 56.5. The SMILES string of the molecule is CC1(C)c2cc(N(c3ccc(OC(F)(F)F)cc3)c3cccc4ccccc34)ccc2-c2c1cc(N(c1ccc(OC(F)(F)F)cc1)c1cccc3ccccc13)c1ccccc21. The molecule has 0 unspecified atom stereocenters. The van der Waals surface area contributed by atoms with E-state index in [0.29, 0.717) is 11.4 Å². The van der Waals surface area contributed by atoms with E-state index in [0.717, 1.165) is 77.3 Å². The zero-order valence-corrected chi connectivity index (χ0v) is 33.8. The number of hydrogen-bond donors (Lipinski definition) is 0. The molecule has 0 heterocycles. The van der Waals surface area contributed by atoms with Crippen LogP contribution in [0.4, 0.5) is 60.5 Å². The van der Waals surface area contributed by atoms with Gasteiger partial charge in [0.15, 0.2) is 0 Å². The summed E-state index contributed by atoms with van der Waals surface area (Å²) in [4.78, 5) is 4.15. The van der Waals surface area contributed by atoms with Crippen molar-refractivity contribution in [3.05, 3.63) is 193 Å². The molecule has 0 spiro atoms. The van der Waals surface area contributed by atoms with E-state index in [9.17, 15) is 26.3 Å². The van der Waals surface area contributed by atoms with Gasteiger partial charge in [0, 0.05) is 38.6 Å². The molecule has 0 bridgehead atoms. The van der Waals surface area contributed by atoms with Crippen molar-refractivity contribution in [3.8, 4) is 22.6 Å². The van der Waals surface area contributed by atoms with Crippen LogP contribution in [-0.2, 0) is 5.41 Å². The first-order valence-electron chi connectivity index (χ1n) is 20.2. The third-order valence-corrected chi connectivity index (χ3v) is 11.8. The first kappa shape index (κ1) is 39.7. The molecule has 0 amide bonds. The highest BCUT2D eigenvalue weighted by Crippen LogP contribution is 2.56. The zero-order chi connectivity index (χ0) is 43.7. The number of alkyl halides is 6. The fourth-order valence-corrected chi connectivity index (χ4v) is 9.11. The van der Waals surface area contributed by atoms with Gasteiger partial charge in [0.1, 0.15) is 11.5 Å². The molecular formula is C53H36F6N2O2. The summed E-state index contributed by atoms with van der Waals surface area (Å²) in [6.07, 6.45) is -9.67. The van der Waals surface area contributed by atoms with Crippen LogP contribution in [-0.4, -0.2) is 12.7 Å². The number of benzene rings is 9. The molecule has 10 rings (SSSR count). The van der Waals surface area contributed by atoms with E-state index in [1.165, 1.54) is 24.3 Å². The summed E-state index contributed by atoms with van der Waals surface area (Å²) in [5, 5.41) is 5.85. The van der Waals surface area contributed by atoms with Gasteiger partial charge in [-0.1, -0.05) is 117 Å². The van der Waals surface area contributed by atoms with E-state index in [-0.39, 0.29) is 11.5 Å². The lowest BCUT2D eigenvalue weighted by Gasteiger charge is -2.31. The van der Waals surface area contributed by atoms with Crippen LogP contribution in [0.5, 0.6) is 11.5 Å². The highest BCUT2D eigenvalue weighted by molar-refractivity contribution is 6.12. The van der Waals surface area contributed by atoms with Gasteiger partial charge in [-0.25, -0.2) is 0 Å². The molecule has 0 fully saturated rings. The monoisotopic (exact) mass is 846 g/mol. The smallest absolute Gasteiger partial charge is 0.406 e. The second-order valence-electron chi connectivity index (χ2n) is 16.0. The standard InChI is InChI=1S/C53H36F6N2O2/c1-51(2)45-31-37(60(35-21-26-38(27-22-35)62-52(54,55)56)47-19-9-13-33-11-3-5-15-40(33)47)25-30-44(45)50-43-18-8-7-17-42(43)49(32-46(50)51)61(36-23-28-39(29-24-36)63-53(57,58)59)48-20-10-14-34-12-4-6-16-41(34)48/h3-32H,1-2H3. The highest BCUT2D eigenvalue weighted by Gasteiger charge is 2.39. The molecule has 0 N–H and O–H groups in total. The minimum atomic E-state index is -4.84. The first-order chi connectivity index (χ1) is 30.2. The third-order valence-electron chi connectivity index (χ3n) is 11.8. The molecule has 9 aromatic rings. The summed E-state index contributed by atoms with van der Waals surface area (Å²) < 4.78 is 88.0. The lowest BCUT2D eigenvalue weighted by molar-refractivity contribution is -0.275. The fraction of sp³-hybridized carbons (Fsp3) is 0.0943. The molecule has 63 heavy (non-hydrogen) atoms. The van der Waals surface area contributed by atoms with Gasteiger partial charge in [0.2, 0.25) is 0 Å². The van der Waals surface area contributed by atoms with Crippen molar-refractivity contribution in [1.82, 2.24) is 0 Å². The predicted molar refractivity (Wildman–Crippen MR) is 239 cm³/mol. The second kappa shape index (κ2) is 14.9. The maximum Gasteiger partial charge on any atom is 0.573 e. The average molecular weight is 847 g/mol. The fourth-order valence-electron chi connectivity index (χ4n) is 9.11. The number of hydrogen-bond acceptors (Lipinski definition) is 4. The van der Waals surface area contributed by atoms with Gasteiger partial charge < -0.3 is 19.3 Å². The summed E-state index contributed by atoms with van der Waals surface area (Å²) >= 11 is 0. The summed E-state index contributed by atoms with van der Waals surface area (Å²) in [7, 11) is 0. The third kappa shape index (κ3) is 7.21. The summed E-state index contributed by atoms with van der Waals surface area (Å²) in [5.41, 5.74) is 8.23. The van der Waals surface area contributed by atoms with Crippen LogP contribution < -0.4 is 19.3 Å². The van der Waals surface area contributed by atoms with Crippen LogP contribution in [0.25, 0.3) is 43.4 Å². The van der Waals surface area contributed by atoms with E-state index in [4.69, 9.17) is 0 Å². The van der Waals surface area contributed by atoms with E-state index >= 15 is 0 Å². The number of nitrogens with zero attached hydrogens (tertiary/aromatic N) is 2. The van der Waals surface area contributed by atoms with Crippen molar-refractivity contribution >= 4 is 66.4 Å². The van der Waals surface area contributed by atoms with Gasteiger partial charge in [-0.2, -0.15) is 0 Å². The van der Waals surface area contributed by atoms with Crippen LogP contribution in [0.1, 0.15) is 25.0 Å². The Balaban J connectivity index is 1.16. The van der Waals surface area contributed by atoms with Gasteiger partial charge in [-0.05, 0) is 117 Å². The van der Waals surface area contributed by atoms with Crippen molar-refractivity contribution in [2.24, 2.45) is 0 Å². The molecule has 0 saturated heterocycles. The summed E-state index contributed by atoms with van der Waals surface area (Å²) in [5.74, 6) is -0.640. The molecule has 10 heteroatoms. The Bertz CT molecular complexity index is 3190. The Kier molecular flexibility index (Phi) is 9.36. The number of fused-ring (bicyclic) bond motifs is 7. The molecule has 1 aliphatic rings. The minimum Gasteiger partial charge on any atom is -0.406 e. The van der Waals surface area contributed by atoms with E-state index in [1.54, 1.807) is 24.3 Å². The van der Waals surface area contributed by atoms with Gasteiger partial charge in [-0.15, -0.1) is 26.3 Å². The largest absolute Gasteiger partial charge is 0.573 e. The number of anilines is 6. The van der Waals surface area contributed by atoms with Crippen LogP contribution in [0.2, 0.25) is 0 Å². The lowest BCUT2D eigenvalue weighted by atomic mass is 9.81. The Morgan fingerprint density at radius 3 is 1.38 bits per heavy atom. The molecule has 0 atom stereocenters. The quantitative estimate of drug-likeness (QED) is 0.142. The molecule has 0 aliphatic heterocycles. The summed E-state index contributed by atoms with van der Waals surface area (Å²) in [6.45, 7) is 4.36. The Hall–Kier alpha value is -7.46. The van der Waals surface area contributed by atoms with Crippen molar-refractivity contribution in [2.75, 3.05) is 9.80 Å². The Labute approximate surface area is 358 Å². The van der Waals surface area contributed by atoms with Gasteiger partial charge >= 0.3 is 12.7 Å². The van der Waals surface area contributed by atoms with Gasteiger partial charge in [0.05, 0.1) is 17.1 Å². The molecule has 9 aromatic carbocycles. The topological polar surface area (TPSA) is 24.9 Å². The highest BCUT2D eigenvalue weighted by atomic mass is 19.4. The van der Waals surface area contributed by atoms with Crippen LogP contribution in [0, 0.1) is 0 Å². The predicted octanol–water partition coefficient (Wildman–Crippen LogP) is 16.2. The van der Waals surface area contributed by atoms with Crippen LogP contribution >= 0.6 is 0 Å². The van der Waals surface area contributed by atoms with Crippen molar-refractivity contribution in [2.45, 2.75) is 32.0 Å². The van der Waals surface area contributed by atoms with Crippen LogP contribution in [0.3, 0.4) is 0 Å². The average Bonchev–Trinajstić information content (AvgIpc) is 3.49. The van der Waals surface area contributed by atoms with Crippen molar-refractivity contribution < 1.29 is 35.8 Å². The number of rotatable bonds is 8. The minimum absolute atomic E-state index is 0.319. The lowest BCUT2D eigenvalue weighted by Crippen LogP contribution is -2.18. The van der Waals surface area contributed by atoms with Gasteiger partial charge in [0.25, 0.3) is 0 Å². The van der Waals surface area contributed by atoms with E-state index in [2.05, 4.69) is 63.5 Å². The van der Waals surface area contributed by atoms with Crippen molar-refractivity contribution in [1.29, 1.82) is 0 Å². The maximum absolute atomic E-state index is 13.3. The first-order valence-corrected chi connectivity index (χ1v) is 20.2. The van der Waals surface area contributed by atoms with Crippen molar-refractivity contribution in [3.63, 3.8) is 0 Å². The molecule has 0 aromatic heterocycles. The van der Waals surface area contributed by atoms with Gasteiger partial charge in [-0.3, -0.25) is 0 Å². The van der Waals surface area contributed by atoms with Crippen LogP contribution in [0.15, 0.2) is 182 Å². The molecule has 312 valence electrons. The maximum atomic E-state index is 13.3. The molecule has 0 saturated carbocycles. The molecule has 4 nitrogen and oxygen atoms in total.